The maximum Gasteiger partial charge on any atom is 0.171 e. The molecule has 0 radical (unpaired) electrons. The monoisotopic (exact) mass is 310 g/mol. The van der Waals surface area contributed by atoms with Gasteiger partial charge in [0.1, 0.15) is 5.75 Å². The molecular formula is C18H18N2OS. The Morgan fingerprint density at radius 1 is 1.05 bits per heavy atom. The molecule has 0 fully saturated rings. The zero-order valence-corrected chi connectivity index (χ0v) is 13.2. The van der Waals surface area contributed by atoms with E-state index in [1.165, 1.54) is 0 Å². The molecule has 2 aromatic carbocycles. The molecule has 0 bridgehead atoms. The summed E-state index contributed by atoms with van der Waals surface area (Å²) in [7, 11) is 0. The van der Waals surface area contributed by atoms with Gasteiger partial charge >= 0.3 is 0 Å². The van der Waals surface area contributed by atoms with E-state index in [-0.39, 0.29) is 6.04 Å². The van der Waals surface area contributed by atoms with Crippen LogP contribution in [0.25, 0.3) is 5.70 Å². The molecule has 2 aromatic rings. The molecule has 1 aliphatic rings. The Morgan fingerprint density at radius 3 is 2.45 bits per heavy atom. The molecule has 112 valence electrons. The van der Waals surface area contributed by atoms with E-state index in [4.69, 9.17) is 17.0 Å². The molecule has 0 aliphatic carbocycles. The summed E-state index contributed by atoms with van der Waals surface area (Å²) in [5.41, 5.74) is 3.31. The van der Waals surface area contributed by atoms with Crippen LogP contribution in [0.5, 0.6) is 5.75 Å². The first-order chi connectivity index (χ1) is 10.8. The fraction of sp³-hybridized carbons (Fsp3) is 0.167. The van der Waals surface area contributed by atoms with Gasteiger partial charge in [-0.15, -0.1) is 0 Å². The van der Waals surface area contributed by atoms with Crippen molar-refractivity contribution in [2.75, 3.05) is 6.61 Å². The van der Waals surface area contributed by atoms with Gasteiger partial charge in [0.15, 0.2) is 5.11 Å². The van der Waals surface area contributed by atoms with Crippen molar-refractivity contribution in [3.8, 4) is 5.75 Å². The van der Waals surface area contributed by atoms with Crippen molar-refractivity contribution in [2.24, 2.45) is 0 Å². The van der Waals surface area contributed by atoms with Crippen LogP contribution >= 0.6 is 12.2 Å². The third kappa shape index (κ3) is 3.28. The lowest BCUT2D eigenvalue weighted by atomic mass is 10.0. The van der Waals surface area contributed by atoms with E-state index in [1.54, 1.807) is 0 Å². The zero-order valence-electron chi connectivity index (χ0n) is 12.4. The minimum absolute atomic E-state index is 0.0552. The third-order valence-corrected chi connectivity index (χ3v) is 3.72. The molecule has 22 heavy (non-hydrogen) atoms. The predicted octanol–water partition coefficient (Wildman–Crippen LogP) is 3.65. The first kappa shape index (κ1) is 14.6. The van der Waals surface area contributed by atoms with E-state index >= 15 is 0 Å². The van der Waals surface area contributed by atoms with E-state index in [9.17, 15) is 0 Å². The molecule has 1 aliphatic heterocycles. The summed E-state index contributed by atoms with van der Waals surface area (Å²) >= 11 is 5.34. The highest BCUT2D eigenvalue weighted by Crippen LogP contribution is 2.24. The lowest BCUT2D eigenvalue weighted by Gasteiger charge is -2.26. The van der Waals surface area contributed by atoms with E-state index in [0.29, 0.717) is 11.7 Å². The van der Waals surface area contributed by atoms with Crippen LogP contribution in [0, 0.1) is 0 Å². The maximum atomic E-state index is 5.49. The van der Waals surface area contributed by atoms with Crippen LogP contribution in [0.2, 0.25) is 0 Å². The Bertz CT molecular complexity index is 680. The molecule has 4 heteroatoms. The van der Waals surface area contributed by atoms with Crippen molar-refractivity contribution in [1.82, 2.24) is 10.6 Å². The van der Waals surface area contributed by atoms with Crippen LogP contribution < -0.4 is 15.4 Å². The molecule has 0 saturated carbocycles. The highest BCUT2D eigenvalue weighted by molar-refractivity contribution is 7.80. The van der Waals surface area contributed by atoms with E-state index in [2.05, 4.69) is 41.0 Å². The average Bonchev–Trinajstić information content (AvgIpc) is 2.56. The molecule has 1 unspecified atom stereocenters. The van der Waals surface area contributed by atoms with Gasteiger partial charge in [0, 0.05) is 5.70 Å². The smallest absolute Gasteiger partial charge is 0.171 e. The first-order valence-electron chi connectivity index (χ1n) is 7.34. The van der Waals surface area contributed by atoms with Crippen molar-refractivity contribution < 1.29 is 4.74 Å². The normalized spacial score (nSPS) is 17.2. The van der Waals surface area contributed by atoms with Gasteiger partial charge in [-0.1, -0.05) is 42.5 Å². The first-order valence-corrected chi connectivity index (χ1v) is 7.74. The molecule has 3 rings (SSSR count). The van der Waals surface area contributed by atoms with E-state index < -0.39 is 0 Å². The molecule has 1 atom stereocenters. The van der Waals surface area contributed by atoms with Crippen molar-refractivity contribution in [1.29, 1.82) is 0 Å². The molecular weight excluding hydrogens is 292 g/mol. The summed E-state index contributed by atoms with van der Waals surface area (Å²) in [5.74, 6) is 0.884. The quantitative estimate of drug-likeness (QED) is 0.845. The Balaban J connectivity index is 1.87. The predicted molar refractivity (Wildman–Crippen MR) is 93.6 cm³/mol. The SMILES string of the molecule is CCOc1ccc(C2C=C(c3ccccc3)NC(=S)N2)cc1. The summed E-state index contributed by atoms with van der Waals surface area (Å²) in [6, 6.07) is 18.4. The molecule has 0 amide bonds. The van der Waals surface area contributed by atoms with Gasteiger partial charge in [-0.25, -0.2) is 0 Å². The second kappa shape index (κ2) is 6.62. The van der Waals surface area contributed by atoms with Gasteiger partial charge in [-0.2, -0.15) is 0 Å². The second-order valence-corrected chi connectivity index (χ2v) is 5.43. The van der Waals surface area contributed by atoms with Gasteiger partial charge in [0.05, 0.1) is 12.6 Å². The summed E-state index contributed by atoms with van der Waals surface area (Å²) in [4.78, 5) is 0. The molecule has 0 spiro atoms. The van der Waals surface area contributed by atoms with Gasteiger partial charge in [0.2, 0.25) is 0 Å². The molecule has 3 nitrogen and oxygen atoms in total. The highest BCUT2D eigenvalue weighted by atomic mass is 32.1. The second-order valence-electron chi connectivity index (χ2n) is 5.02. The minimum Gasteiger partial charge on any atom is -0.494 e. The number of thiocarbonyl (C=S) groups is 1. The third-order valence-electron chi connectivity index (χ3n) is 3.50. The van der Waals surface area contributed by atoms with Gasteiger partial charge in [-0.3, -0.25) is 0 Å². The average molecular weight is 310 g/mol. The molecule has 2 N–H and O–H groups in total. The lowest BCUT2D eigenvalue weighted by molar-refractivity contribution is 0.340. The largest absolute Gasteiger partial charge is 0.494 e. The number of nitrogens with one attached hydrogen (secondary N) is 2. The number of benzene rings is 2. The fourth-order valence-corrected chi connectivity index (χ4v) is 2.69. The number of hydrogen-bond donors (Lipinski definition) is 2. The highest BCUT2D eigenvalue weighted by Gasteiger charge is 2.18. The van der Waals surface area contributed by atoms with Gasteiger partial charge in [-0.05, 0) is 48.5 Å². The van der Waals surface area contributed by atoms with Crippen molar-refractivity contribution in [3.63, 3.8) is 0 Å². The Hall–Kier alpha value is -2.33. The van der Waals surface area contributed by atoms with Crippen LogP contribution in [0.1, 0.15) is 24.1 Å². The summed E-state index contributed by atoms with van der Waals surface area (Å²) in [5, 5.41) is 7.15. The molecule has 0 saturated heterocycles. The lowest BCUT2D eigenvalue weighted by Crippen LogP contribution is -2.40. The van der Waals surface area contributed by atoms with Crippen molar-refractivity contribution >= 4 is 23.0 Å². The summed E-state index contributed by atoms with van der Waals surface area (Å²) in [6.45, 7) is 2.66. The van der Waals surface area contributed by atoms with Crippen LogP contribution in [0.4, 0.5) is 0 Å². The van der Waals surface area contributed by atoms with Crippen LogP contribution in [-0.2, 0) is 0 Å². The van der Waals surface area contributed by atoms with Crippen LogP contribution in [0.15, 0.2) is 60.7 Å². The van der Waals surface area contributed by atoms with E-state index in [0.717, 1.165) is 22.6 Å². The maximum absolute atomic E-state index is 5.49. The standard InChI is InChI=1S/C18H18N2OS/c1-2-21-15-10-8-14(9-11-15)17-12-16(19-18(22)20-17)13-6-4-3-5-7-13/h3-12,17H,2H2,1H3,(H2,19,20,22). The van der Waals surface area contributed by atoms with Gasteiger partial charge in [0.25, 0.3) is 0 Å². The topological polar surface area (TPSA) is 33.3 Å². The zero-order chi connectivity index (χ0) is 15.4. The molecule has 0 aromatic heterocycles. The van der Waals surface area contributed by atoms with Crippen LogP contribution in [-0.4, -0.2) is 11.7 Å². The summed E-state index contributed by atoms with van der Waals surface area (Å²) in [6.07, 6.45) is 2.15. The Kier molecular flexibility index (Phi) is 4.39. The fourth-order valence-electron chi connectivity index (χ4n) is 2.45. The van der Waals surface area contributed by atoms with Crippen molar-refractivity contribution in [3.05, 3.63) is 71.8 Å². The van der Waals surface area contributed by atoms with Crippen molar-refractivity contribution in [2.45, 2.75) is 13.0 Å². The number of hydrogen-bond acceptors (Lipinski definition) is 2. The molecule has 1 heterocycles. The Morgan fingerprint density at radius 2 is 1.77 bits per heavy atom. The van der Waals surface area contributed by atoms with Crippen LogP contribution in [0.3, 0.4) is 0 Å². The Labute approximate surface area is 136 Å². The summed E-state index contributed by atoms with van der Waals surface area (Å²) < 4.78 is 5.49. The van der Waals surface area contributed by atoms with Gasteiger partial charge < -0.3 is 15.4 Å². The number of ether oxygens (including phenoxy) is 1. The van der Waals surface area contributed by atoms with E-state index in [1.807, 2.05) is 37.3 Å². The number of rotatable bonds is 4. The minimum atomic E-state index is 0.0552.